The van der Waals surface area contributed by atoms with Crippen molar-refractivity contribution in [1.82, 2.24) is 40.4 Å². The number of carbonyl (C=O) groups is 4. The summed E-state index contributed by atoms with van der Waals surface area (Å²) in [6.45, 7) is 8.61. The number of alkyl carbamates (subject to hydrolysis) is 2. The first-order chi connectivity index (χ1) is 30.3. The second kappa shape index (κ2) is 18.0. The highest BCUT2D eigenvalue weighted by atomic mass is 19.2. The lowest BCUT2D eigenvalue weighted by atomic mass is 9.91. The Morgan fingerprint density at radius 2 is 1.37 bits per heavy atom. The molecule has 1 aliphatic carbocycles. The van der Waals surface area contributed by atoms with Gasteiger partial charge in [0.15, 0.2) is 11.6 Å². The van der Waals surface area contributed by atoms with Crippen LogP contribution in [0.4, 0.5) is 24.1 Å². The normalized spacial score (nSPS) is 23.1. The number of imidazole rings is 2. The molecule has 17 heteroatoms. The molecule has 1 unspecified atom stereocenters. The first-order valence-electron chi connectivity index (χ1n) is 22.1. The van der Waals surface area contributed by atoms with Gasteiger partial charge in [-0.1, -0.05) is 45.9 Å². The number of H-pyrrole nitrogens is 2. The fraction of sp³-hybridized carbons (Fsp3) is 0.522. The second-order valence-corrected chi connectivity index (χ2v) is 17.9. The Morgan fingerprint density at radius 3 is 1.95 bits per heavy atom. The summed E-state index contributed by atoms with van der Waals surface area (Å²) in [5.74, 6) is -1.17. The predicted molar refractivity (Wildman–Crippen MR) is 231 cm³/mol. The number of ether oxygens (including phenoxy) is 2. The van der Waals surface area contributed by atoms with Gasteiger partial charge in [-0.3, -0.25) is 9.59 Å². The molecule has 3 fully saturated rings. The number of hydrogen-bond acceptors (Lipinski definition) is 9. The molecule has 3 saturated heterocycles. The summed E-state index contributed by atoms with van der Waals surface area (Å²) in [7, 11) is 2.55. The number of carbonyl (C=O) groups excluding carboxylic acids is 4. The summed E-state index contributed by atoms with van der Waals surface area (Å²) in [5.41, 5.74) is 3.11. The molecular formula is C46H57F2N9O6. The van der Waals surface area contributed by atoms with Crippen LogP contribution in [0.2, 0.25) is 0 Å². The molecular weight excluding hydrogens is 813 g/mol. The molecule has 336 valence electrons. The van der Waals surface area contributed by atoms with E-state index in [0.717, 1.165) is 59.4 Å². The zero-order chi connectivity index (χ0) is 44.7. The number of methoxy groups -OCH3 is 2. The molecule has 0 spiro atoms. The van der Waals surface area contributed by atoms with Gasteiger partial charge in [-0.25, -0.2) is 28.3 Å². The van der Waals surface area contributed by atoms with Gasteiger partial charge in [0.2, 0.25) is 11.8 Å². The fourth-order valence-corrected chi connectivity index (χ4v) is 10.1. The summed E-state index contributed by atoms with van der Waals surface area (Å²) < 4.78 is 39.0. The van der Waals surface area contributed by atoms with E-state index in [2.05, 4.69) is 43.7 Å². The maximum Gasteiger partial charge on any atom is 0.407 e. The summed E-state index contributed by atoms with van der Waals surface area (Å²) in [6.07, 6.45) is 8.23. The van der Waals surface area contributed by atoms with Crippen molar-refractivity contribution in [2.75, 3.05) is 32.2 Å². The minimum absolute atomic E-state index is 0.0145. The average Bonchev–Trinajstić information content (AvgIpc) is 4.12. The van der Waals surface area contributed by atoms with Crippen molar-refractivity contribution in [1.29, 1.82) is 0 Å². The van der Waals surface area contributed by atoms with Crippen LogP contribution in [0, 0.1) is 29.4 Å². The number of fused-ring (bicyclic) bond motifs is 2. The van der Waals surface area contributed by atoms with E-state index in [1.807, 2.05) is 39.8 Å². The van der Waals surface area contributed by atoms with E-state index >= 15 is 4.39 Å². The van der Waals surface area contributed by atoms with Gasteiger partial charge < -0.3 is 44.8 Å². The number of likely N-dealkylation sites (tertiary alicyclic amines) is 2. The minimum Gasteiger partial charge on any atom is -0.453 e. The molecule has 63 heavy (non-hydrogen) atoms. The number of hydrogen-bond donors (Lipinski definition) is 4. The molecule has 3 aliphatic heterocycles. The summed E-state index contributed by atoms with van der Waals surface area (Å²) >= 11 is 0. The standard InChI is InChI=1S/C46H57F2N9O6/c1-24(2)39(53-45(60)62-5)43(58)55-19-7-9-37(55)41-49-31-15-11-26(21-33(31)51-41)35-17-18-36(57(35)28-13-14-29(47)30(48)23-28)27-12-16-32-34(22-27)52-42(50-32)38-10-8-20-56(38)44(59)40(25(3)4)54-46(61)63-6/h11,13-16,21-25,27,35-40H,7-10,12,17-20H2,1-6H3,(H,49,51)(H,50,52)(H,53,60)(H,54,61)/t27?,35-,36-,37+,38+,39+,40+/m1/s1. The summed E-state index contributed by atoms with van der Waals surface area (Å²) in [5, 5.41) is 7.07. The molecule has 5 heterocycles. The number of amides is 4. The molecule has 7 atom stereocenters. The maximum atomic E-state index is 15.0. The predicted octanol–water partition coefficient (Wildman–Crippen LogP) is 5.64. The van der Waals surface area contributed by atoms with Crippen molar-refractivity contribution in [3.8, 4) is 0 Å². The Hall–Kier alpha value is -6.00. The molecule has 8 rings (SSSR count). The van der Waals surface area contributed by atoms with E-state index in [1.165, 1.54) is 26.4 Å². The zero-order valence-electron chi connectivity index (χ0n) is 36.6. The second-order valence-electron chi connectivity index (χ2n) is 17.9. The van der Waals surface area contributed by atoms with E-state index < -0.39 is 35.9 Å². The number of nitrogens with one attached hydrogen (secondary N) is 4. The van der Waals surface area contributed by atoms with Gasteiger partial charge in [0, 0.05) is 36.8 Å². The van der Waals surface area contributed by atoms with E-state index in [1.54, 1.807) is 15.9 Å². The van der Waals surface area contributed by atoms with Crippen LogP contribution in [-0.4, -0.2) is 99.2 Å². The highest BCUT2D eigenvalue weighted by Gasteiger charge is 2.42. The van der Waals surface area contributed by atoms with Crippen LogP contribution in [0.3, 0.4) is 0 Å². The van der Waals surface area contributed by atoms with Gasteiger partial charge >= 0.3 is 12.2 Å². The monoisotopic (exact) mass is 869 g/mol. The Balaban J connectivity index is 1.06. The van der Waals surface area contributed by atoms with Crippen LogP contribution in [0.25, 0.3) is 23.2 Å². The van der Waals surface area contributed by atoms with Crippen molar-refractivity contribution >= 4 is 52.9 Å². The summed E-state index contributed by atoms with van der Waals surface area (Å²) in [6, 6.07) is 7.82. The molecule has 4 aromatic rings. The van der Waals surface area contributed by atoms with Crippen molar-refractivity contribution in [2.24, 2.45) is 17.8 Å². The van der Waals surface area contributed by atoms with Crippen LogP contribution >= 0.6 is 0 Å². The zero-order valence-corrected chi connectivity index (χ0v) is 36.6. The number of nitrogens with zero attached hydrogens (tertiary/aromatic N) is 5. The minimum atomic E-state index is -0.918. The molecule has 0 radical (unpaired) electrons. The molecule has 4 aliphatic rings. The first kappa shape index (κ1) is 43.6. The molecule has 15 nitrogen and oxygen atoms in total. The van der Waals surface area contributed by atoms with Gasteiger partial charge in [0.05, 0.1) is 54.1 Å². The molecule has 4 amide bonds. The molecule has 2 aromatic heterocycles. The maximum absolute atomic E-state index is 15.0. The lowest BCUT2D eigenvalue weighted by Gasteiger charge is -2.36. The number of benzene rings is 2. The number of aromatic amines is 2. The summed E-state index contributed by atoms with van der Waals surface area (Å²) in [4.78, 5) is 74.6. The Kier molecular flexibility index (Phi) is 12.5. The van der Waals surface area contributed by atoms with Gasteiger partial charge in [0.25, 0.3) is 0 Å². The van der Waals surface area contributed by atoms with Crippen molar-refractivity contribution in [3.63, 3.8) is 0 Å². The van der Waals surface area contributed by atoms with Gasteiger partial charge in [0.1, 0.15) is 23.7 Å². The van der Waals surface area contributed by atoms with Crippen molar-refractivity contribution < 1.29 is 37.4 Å². The quantitative estimate of drug-likeness (QED) is 0.149. The number of aromatic nitrogens is 4. The first-order valence-corrected chi connectivity index (χ1v) is 22.1. The van der Waals surface area contributed by atoms with Gasteiger partial charge in [-0.15, -0.1) is 0 Å². The smallest absolute Gasteiger partial charge is 0.407 e. The third kappa shape index (κ3) is 8.57. The topological polar surface area (TPSA) is 178 Å². The average molecular weight is 870 g/mol. The highest BCUT2D eigenvalue weighted by Crippen LogP contribution is 2.45. The Morgan fingerprint density at radius 1 is 0.746 bits per heavy atom. The Bertz CT molecular complexity index is 2510. The van der Waals surface area contributed by atoms with Crippen LogP contribution in [0.5, 0.6) is 0 Å². The number of anilines is 1. The third-order valence-corrected chi connectivity index (χ3v) is 13.3. The molecule has 0 saturated carbocycles. The number of halogens is 2. The van der Waals surface area contributed by atoms with Crippen molar-refractivity contribution in [3.05, 3.63) is 75.9 Å². The third-order valence-electron chi connectivity index (χ3n) is 13.3. The van der Waals surface area contributed by atoms with Crippen LogP contribution in [-0.2, 0) is 19.1 Å². The highest BCUT2D eigenvalue weighted by molar-refractivity contribution is 5.87. The SMILES string of the molecule is COC(=O)N[C@H](C(=O)N1CCC[C@H]1c1nc2c([nH]1)=CCC([C@H]1CC[C@H](c3ccc4nc([C@@H]5CCCN5C(=O)[C@@H](NC(=O)OC)C(C)C)[nH]c4c3)N1c1ccc(F)c(F)c1)C=2)C(C)C. The van der Waals surface area contributed by atoms with Crippen LogP contribution in [0.15, 0.2) is 36.4 Å². The van der Waals surface area contributed by atoms with Gasteiger partial charge in [-0.05, 0) is 86.6 Å². The largest absolute Gasteiger partial charge is 0.453 e. The lowest BCUT2D eigenvalue weighted by Crippen LogP contribution is -2.51. The fourth-order valence-electron chi connectivity index (χ4n) is 10.1. The number of rotatable bonds is 11. The lowest BCUT2D eigenvalue weighted by molar-refractivity contribution is -0.136. The Labute approximate surface area is 364 Å². The van der Waals surface area contributed by atoms with E-state index in [0.29, 0.717) is 43.3 Å². The van der Waals surface area contributed by atoms with E-state index in [9.17, 15) is 23.6 Å². The molecule has 0 bridgehead atoms. The molecule has 4 N–H and O–H groups in total. The van der Waals surface area contributed by atoms with Crippen LogP contribution in [0.1, 0.15) is 108 Å². The van der Waals surface area contributed by atoms with E-state index in [4.69, 9.17) is 19.4 Å². The van der Waals surface area contributed by atoms with Gasteiger partial charge in [-0.2, -0.15) is 0 Å². The van der Waals surface area contributed by atoms with E-state index in [-0.39, 0.29) is 53.7 Å². The molecule has 2 aromatic carbocycles. The van der Waals surface area contributed by atoms with Crippen molar-refractivity contribution in [2.45, 2.75) is 109 Å². The van der Waals surface area contributed by atoms with Crippen LogP contribution < -0.4 is 26.2 Å².